The molecule has 4 rings (SSSR count). The van der Waals surface area contributed by atoms with E-state index in [4.69, 9.17) is 9.26 Å². The zero-order valence-corrected chi connectivity index (χ0v) is 19.2. The fourth-order valence-electron chi connectivity index (χ4n) is 4.06. The summed E-state index contributed by atoms with van der Waals surface area (Å²) in [5.41, 5.74) is 0.0262. The third kappa shape index (κ3) is 5.51. The van der Waals surface area contributed by atoms with Crippen LogP contribution in [0.1, 0.15) is 29.0 Å². The first-order valence-electron chi connectivity index (χ1n) is 11.2. The van der Waals surface area contributed by atoms with Crippen LogP contribution in [0.25, 0.3) is 0 Å². The first kappa shape index (κ1) is 22.8. The zero-order valence-electron chi connectivity index (χ0n) is 19.2. The van der Waals surface area contributed by atoms with Gasteiger partial charge in [0.2, 0.25) is 0 Å². The Labute approximate surface area is 195 Å². The average Bonchev–Trinajstić information content (AvgIpc) is 3.31. The standard InChI is InChI=1S/C28H30N2O3/c1-30(2,19-12-20-32-25-17-10-5-11-18-25)22-26-21-27(29-33-26)28(31,23-13-6-3-7-14-23)24-15-8-4-9-16-24/h3-11,13-18,21H,12,19-20,22H2,1-2H3. The van der Waals surface area contributed by atoms with Crippen molar-refractivity contribution in [3.63, 3.8) is 0 Å². The fraction of sp³-hybridized carbons (Fsp3) is 0.250. The van der Waals surface area contributed by atoms with Crippen LogP contribution in [0.15, 0.2) is 102 Å². The molecule has 0 bridgehead atoms. The van der Waals surface area contributed by atoms with Gasteiger partial charge in [0.15, 0.2) is 5.76 Å². The molecule has 0 atom stereocenters. The van der Waals surface area contributed by atoms with E-state index in [1.165, 1.54) is 0 Å². The lowest BCUT2D eigenvalue weighted by atomic mass is 9.83. The molecule has 33 heavy (non-hydrogen) atoms. The Hall–Kier alpha value is -3.41. The minimum absolute atomic E-state index is 0.377. The minimum atomic E-state index is -1.63. The molecule has 1 heterocycles. The molecular formula is C28H30N2O3. The summed E-state index contributed by atoms with van der Waals surface area (Å²) in [6.45, 7) is 2.19. The van der Waals surface area contributed by atoms with Gasteiger partial charge >= 0.3 is 0 Å². The molecule has 0 saturated carbocycles. The van der Waals surface area contributed by atoms with E-state index >= 15 is 0 Å². The van der Waals surface area contributed by atoms with Crippen molar-refractivity contribution in [2.24, 2.45) is 0 Å². The van der Waals surface area contributed by atoms with Crippen LogP contribution < -0.4 is 9.84 Å². The van der Waals surface area contributed by atoms with Crippen molar-refractivity contribution < 1.29 is 18.8 Å². The van der Waals surface area contributed by atoms with E-state index in [2.05, 4.69) is 19.3 Å². The summed E-state index contributed by atoms with van der Waals surface area (Å²) < 4.78 is 12.2. The molecule has 170 valence electrons. The van der Waals surface area contributed by atoms with Gasteiger partial charge in [0.05, 0.1) is 32.9 Å². The minimum Gasteiger partial charge on any atom is -0.838 e. The molecule has 0 saturated heterocycles. The Morgan fingerprint density at radius 1 is 0.848 bits per heavy atom. The van der Waals surface area contributed by atoms with Crippen LogP contribution in [0.4, 0.5) is 0 Å². The van der Waals surface area contributed by atoms with E-state index in [1.807, 2.05) is 97.1 Å². The maximum absolute atomic E-state index is 14.3. The molecule has 0 fully saturated rings. The lowest BCUT2D eigenvalue weighted by Crippen LogP contribution is -2.43. The Morgan fingerprint density at radius 3 is 1.97 bits per heavy atom. The summed E-state index contributed by atoms with van der Waals surface area (Å²) >= 11 is 0. The monoisotopic (exact) mass is 442 g/mol. The van der Waals surface area contributed by atoms with E-state index in [0.717, 1.165) is 18.7 Å². The van der Waals surface area contributed by atoms with Crippen LogP contribution in [-0.4, -0.2) is 36.9 Å². The summed E-state index contributed by atoms with van der Waals surface area (Å²) in [6, 6.07) is 30.4. The smallest absolute Gasteiger partial charge is 0.191 e. The number of para-hydroxylation sites is 1. The number of hydrogen-bond donors (Lipinski definition) is 0. The maximum Gasteiger partial charge on any atom is 0.191 e. The molecule has 0 unspecified atom stereocenters. The highest BCUT2D eigenvalue weighted by atomic mass is 16.5. The van der Waals surface area contributed by atoms with Crippen molar-refractivity contribution in [2.45, 2.75) is 18.6 Å². The largest absolute Gasteiger partial charge is 0.838 e. The molecular weight excluding hydrogens is 412 g/mol. The van der Waals surface area contributed by atoms with Gasteiger partial charge < -0.3 is 18.8 Å². The van der Waals surface area contributed by atoms with Gasteiger partial charge in [0.1, 0.15) is 12.3 Å². The SMILES string of the molecule is C[N+](C)(CCCOc1ccccc1)Cc1cc(C([O-])(c2ccccc2)c2ccccc2)no1. The molecule has 0 amide bonds. The van der Waals surface area contributed by atoms with Gasteiger partial charge in [-0.1, -0.05) is 84.0 Å². The topological polar surface area (TPSA) is 58.3 Å². The molecule has 0 aliphatic heterocycles. The number of aromatic nitrogens is 1. The molecule has 0 aliphatic carbocycles. The predicted octanol–water partition coefficient (Wildman–Crippen LogP) is 4.37. The van der Waals surface area contributed by atoms with Crippen LogP contribution in [0.3, 0.4) is 0 Å². The number of nitrogens with zero attached hydrogens (tertiary/aromatic N) is 2. The van der Waals surface area contributed by atoms with Crippen LogP contribution in [0.5, 0.6) is 5.75 Å². The third-order valence-electron chi connectivity index (χ3n) is 5.78. The molecule has 4 aromatic rings. The Balaban J connectivity index is 1.46. The van der Waals surface area contributed by atoms with Gasteiger partial charge in [-0.3, -0.25) is 0 Å². The van der Waals surface area contributed by atoms with E-state index in [1.54, 1.807) is 0 Å². The van der Waals surface area contributed by atoms with Crippen molar-refractivity contribution in [1.82, 2.24) is 5.16 Å². The van der Waals surface area contributed by atoms with Gasteiger partial charge in [-0.2, -0.15) is 0 Å². The van der Waals surface area contributed by atoms with Crippen LogP contribution in [0.2, 0.25) is 0 Å². The summed E-state index contributed by atoms with van der Waals surface area (Å²) in [7, 11) is 4.28. The molecule has 1 aromatic heterocycles. The molecule has 3 aromatic carbocycles. The molecule has 0 spiro atoms. The lowest BCUT2D eigenvalue weighted by Gasteiger charge is -2.39. The number of benzene rings is 3. The van der Waals surface area contributed by atoms with Gasteiger partial charge in [0, 0.05) is 12.5 Å². The molecule has 0 radical (unpaired) electrons. The quantitative estimate of drug-likeness (QED) is 0.270. The molecule has 5 heteroatoms. The summed E-state index contributed by atoms with van der Waals surface area (Å²) in [5.74, 6) is 1.59. The van der Waals surface area contributed by atoms with Gasteiger partial charge in [0.25, 0.3) is 0 Å². The van der Waals surface area contributed by atoms with Gasteiger partial charge in [-0.25, -0.2) is 0 Å². The Morgan fingerprint density at radius 2 is 1.39 bits per heavy atom. The second-order valence-electron chi connectivity index (χ2n) is 8.92. The van der Waals surface area contributed by atoms with E-state index in [0.29, 0.717) is 40.2 Å². The number of ether oxygens (including phenoxy) is 1. The highest BCUT2D eigenvalue weighted by Crippen LogP contribution is 2.33. The number of rotatable bonds is 10. The van der Waals surface area contributed by atoms with Crippen molar-refractivity contribution in [2.75, 3.05) is 27.2 Å². The second kappa shape index (κ2) is 10.0. The number of hydrogen-bond acceptors (Lipinski definition) is 4. The van der Waals surface area contributed by atoms with Crippen molar-refractivity contribution >= 4 is 0 Å². The van der Waals surface area contributed by atoms with Crippen LogP contribution in [0, 0.1) is 0 Å². The zero-order chi connectivity index (χ0) is 23.2. The summed E-state index contributed by atoms with van der Waals surface area (Å²) in [6.07, 6.45) is 0.905. The maximum atomic E-state index is 14.3. The van der Waals surface area contributed by atoms with Gasteiger partial charge in [-0.15, -0.1) is 0 Å². The Kier molecular flexibility index (Phi) is 6.92. The van der Waals surface area contributed by atoms with Crippen molar-refractivity contribution in [1.29, 1.82) is 0 Å². The van der Waals surface area contributed by atoms with E-state index in [-0.39, 0.29) is 0 Å². The highest BCUT2D eigenvalue weighted by Gasteiger charge is 2.29. The van der Waals surface area contributed by atoms with Crippen LogP contribution in [-0.2, 0) is 12.1 Å². The summed E-state index contributed by atoms with van der Waals surface area (Å²) in [4.78, 5) is 0. The van der Waals surface area contributed by atoms with E-state index < -0.39 is 5.60 Å². The normalized spacial score (nSPS) is 12.0. The second-order valence-corrected chi connectivity index (χ2v) is 8.92. The van der Waals surface area contributed by atoms with Crippen molar-refractivity contribution in [3.05, 3.63) is 120 Å². The average molecular weight is 443 g/mol. The Bertz CT molecular complexity index is 1090. The molecule has 5 nitrogen and oxygen atoms in total. The predicted molar refractivity (Wildman–Crippen MR) is 127 cm³/mol. The summed E-state index contributed by atoms with van der Waals surface area (Å²) in [5, 5.41) is 18.5. The molecule has 0 N–H and O–H groups in total. The third-order valence-corrected chi connectivity index (χ3v) is 5.78. The van der Waals surface area contributed by atoms with Crippen LogP contribution >= 0.6 is 0 Å². The van der Waals surface area contributed by atoms with Crippen molar-refractivity contribution in [3.8, 4) is 5.75 Å². The van der Waals surface area contributed by atoms with E-state index in [9.17, 15) is 5.11 Å². The number of quaternary nitrogens is 1. The van der Waals surface area contributed by atoms with Gasteiger partial charge in [-0.05, 0) is 28.9 Å². The first-order valence-corrected chi connectivity index (χ1v) is 11.2. The lowest BCUT2D eigenvalue weighted by molar-refractivity contribution is -0.904. The first-order chi connectivity index (χ1) is 16.0. The fourth-order valence-corrected chi connectivity index (χ4v) is 4.06. The highest BCUT2D eigenvalue weighted by molar-refractivity contribution is 5.43. The molecule has 0 aliphatic rings.